The highest BCUT2D eigenvalue weighted by Gasteiger charge is 2.19. The van der Waals surface area contributed by atoms with Gasteiger partial charge in [0.05, 0.1) is 9.90 Å². The molecular weight excluding hydrogens is 256 g/mol. The minimum atomic E-state index is -0.0425. The van der Waals surface area contributed by atoms with Gasteiger partial charge in [-0.3, -0.25) is 9.48 Å². The van der Waals surface area contributed by atoms with Gasteiger partial charge >= 0.3 is 0 Å². The van der Waals surface area contributed by atoms with Crippen molar-refractivity contribution < 1.29 is 4.79 Å². The number of carbonyl (C=O) groups excluding carboxylic acids is 1. The van der Waals surface area contributed by atoms with Crippen molar-refractivity contribution in [1.82, 2.24) is 9.78 Å². The topological polar surface area (TPSA) is 34.9 Å². The van der Waals surface area contributed by atoms with E-state index in [1.165, 1.54) is 11.3 Å². The van der Waals surface area contributed by atoms with Crippen LogP contribution >= 0.6 is 22.9 Å². The lowest BCUT2D eigenvalue weighted by atomic mass is 10.2. The van der Waals surface area contributed by atoms with Gasteiger partial charge in [0.25, 0.3) is 0 Å². The van der Waals surface area contributed by atoms with E-state index in [1.807, 2.05) is 12.3 Å². The molecule has 17 heavy (non-hydrogen) atoms. The second-order valence-corrected chi connectivity index (χ2v) is 5.09. The predicted octanol–water partition coefficient (Wildman–Crippen LogP) is 3.55. The first kappa shape index (κ1) is 12.3. The number of thiophene rings is 1. The molecule has 2 aromatic heterocycles. The minimum Gasteiger partial charge on any atom is -0.286 e. The monoisotopic (exact) mass is 268 g/mol. The van der Waals surface area contributed by atoms with Crippen LogP contribution in [0.3, 0.4) is 0 Å². The lowest BCUT2D eigenvalue weighted by molar-refractivity contribution is 0.103. The molecule has 2 aromatic rings. The molecule has 0 spiro atoms. The van der Waals surface area contributed by atoms with E-state index >= 15 is 0 Å². The van der Waals surface area contributed by atoms with Crippen LogP contribution in [0.25, 0.3) is 0 Å². The lowest BCUT2D eigenvalue weighted by Gasteiger charge is -2.04. The van der Waals surface area contributed by atoms with E-state index in [-0.39, 0.29) is 5.78 Å². The summed E-state index contributed by atoms with van der Waals surface area (Å²) in [5, 5.41) is 6.60. The highest BCUT2D eigenvalue weighted by Crippen LogP contribution is 2.29. The van der Waals surface area contributed by atoms with Gasteiger partial charge in [-0.25, -0.2) is 0 Å². The van der Waals surface area contributed by atoms with Crippen LogP contribution in [0, 0.1) is 6.92 Å². The Morgan fingerprint density at radius 2 is 2.35 bits per heavy atom. The molecule has 2 heterocycles. The summed E-state index contributed by atoms with van der Waals surface area (Å²) >= 11 is 7.50. The quantitative estimate of drug-likeness (QED) is 0.795. The molecule has 3 nitrogen and oxygen atoms in total. The number of ketones is 1. The third-order valence-electron chi connectivity index (χ3n) is 2.49. The second kappa shape index (κ2) is 5.02. The van der Waals surface area contributed by atoms with Crippen molar-refractivity contribution >= 4 is 28.7 Å². The van der Waals surface area contributed by atoms with E-state index in [0.717, 1.165) is 18.5 Å². The molecule has 0 bridgehead atoms. The number of carbonyl (C=O) groups is 1. The molecule has 0 N–H and O–H groups in total. The summed E-state index contributed by atoms with van der Waals surface area (Å²) in [5.41, 5.74) is 1.55. The van der Waals surface area contributed by atoms with Crippen LogP contribution in [0.4, 0.5) is 0 Å². The maximum atomic E-state index is 12.3. The van der Waals surface area contributed by atoms with Crippen molar-refractivity contribution in [3.8, 4) is 0 Å². The second-order valence-electron chi connectivity index (χ2n) is 3.83. The molecule has 0 saturated carbocycles. The van der Waals surface area contributed by atoms with E-state index in [0.29, 0.717) is 15.6 Å². The molecular formula is C12H13ClN2OS. The largest absolute Gasteiger partial charge is 0.286 e. The standard InChI is InChI=1S/C12H13ClN2OS/c1-3-6-15-9(4-5-14-15)11(16)12-10(13)8(2)7-17-12/h4-5,7H,3,6H2,1-2H3. The van der Waals surface area contributed by atoms with Gasteiger partial charge in [-0.2, -0.15) is 5.10 Å². The SMILES string of the molecule is CCCn1nccc1C(=O)c1scc(C)c1Cl. The van der Waals surface area contributed by atoms with Crippen LogP contribution in [0.15, 0.2) is 17.6 Å². The molecule has 90 valence electrons. The first-order chi connectivity index (χ1) is 8.15. The van der Waals surface area contributed by atoms with Crippen molar-refractivity contribution in [2.24, 2.45) is 0 Å². The summed E-state index contributed by atoms with van der Waals surface area (Å²) in [4.78, 5) is 12.9. The Labute approximate surface area is 109 Å². The van der Waals surface area contributed by atoms with Gasteiger partial charge in [-0.15, -0.1) is 11.3 Å². The third kappa shape index (κ3) is 2.28. The van der Waals surface area contributed by atoms with Crippen molar-refractivity contribution in [2.75, 3.05) is 0 Å². The van der Waals surface area contributed by atoms with Crippen LogP contribution in [-0.4, -0.2) is 15.6 Å². The van der Waals surface area contributed by atoms with Crippen molar-refractivity contribution in [3.05, 3.63) is 38.8 Å². The lowest BCUT2D eigenvalue weighted by Crippen LogP contribution is -2.10. The van der Waals surface area contributed by atoms with Crippen molar-refractivity contribution in [2.45, 2.75) is 26.8 Å². The van der Waals surface area contributed by atoms with Gasteiger partial charge in [-0.05, 0) is 30.4 Å². The van der Waals surface area contributed by atoms with Gasteiger partial charge < -0.3 is 0 Å². The van der Waals surface area contributed by atoms with Crippen LogP contribution in [0.5, 0.6) is 0 Å². The Kier molecular flexibility index (Phi) is 3.64. The molecule has 0 fully saturated rings. The smallest absolute Gasteiger partial charge is 0.222 e. The molecule has 2 rings (SSSR count). The summed E-state index contributed by atoms with van der Waals surface area (Å²) in [6.45, 7) is 4.70. The summed E-state index contributed by atoms with van der Waals surface area (Å²) in [6, 6.07) is 1.74. The molecule has 0 aliphatic rings. The molecule has 0 unspecified atom stereocenters. The first-order valence-corrected chi connectivity index (χ1v) is 6.71. The Morgan fingerprint density at radius 3 is 2.94 bits per heavy atom. The molecule has 0 aromatic carbocycles. The maximum Gasteiger partial charge on any atom is 0.222 e. The molecule has 0 aliphatic heterocycles. The predicted molar refractivity (Wildman–Crippen MR) is 70.0 cm³/mol. The Hall–Kier alpha value is -1.13. The average Bonchev–Trinajstić information content (AvgIpc) is 2.88. The van der Waals surface area contributed by atoms with Gasteiger partial charge in [0, 0.05) is 12.7 Å². The molecule has 0 radical (unpaired) electrons. The fraction of sp³-hybridized carbons (Fsp3) is 0.333. The third-order valence-corrected chi connectivity index (χ3v) is 4.19. The van der Waals surface area contributed by atoms with E-state index in [4.69, 9.17) is 11.6 Å². The van der Waals surface area contributed by atoms with Gasteiger partial charge in [0.1, 0.15) is 5.69 Å². The van der Waals surface area contributed by atoms with Gasteiger partial charge in [-0.1, -0.05) is 18.5 Å². The molecule has 0 atom stereocenters. The number of halogens is 1. The number of nitrogens with zero attached hydrogens (tertiary/aromatic N) is 2. The fourth-order valence-corrected chi connectivity index (χ4v) is 2.84. The zero-order chi connectivity index (χ0) is 12.4. The Balaban J connectivity index is 2.37. The average molecular weight is 269 g/mol. The Bertz CT molecular complexity index is 544. The van der Waals surface area contributed by atoms with E-state index in [2.05, 4.69) is 12.0 Å². The first-order valence-electron chi connectivity index (χ1n) is 5.45. The fourth-order valence-electron chi connectivity index (χ4n) is 1.61. The number of hydrogen-bond donors (Lipinski definition) is 0. The Morgan fingerprint density at radius 1 is 1.59 bits per heavy atom. The highest BCUT2D eigenvalue weighted by atomic mass is 35.5. The summed E-state index contributed by atoms with van der Waals surface area (Å²) in [6.07, 6.45) is 2.59. The van der Waals surface area contributed by atoms with Crippen LogP contribution in [0.2, 0.25) is 5.02 Å². The number of aromatic nitrogens is 2. The zero-order valence-electron chi connectivity index (χ0n) is 9.74. The molecule has 0 saturated heterocycles. The van der Waals surface area contributed by atoms with E-state index in [9.17, 15) is 4.79 Å². The number of rotatable bonds is 4. The highest BCUT2D eigenvalue weighted by molar-refractivity contribution is 7.13. The van der Waals surface area contributed by atoms with Gasteiger partial charge in [0.2, 0.25) is 5.78 Å². The van der Waals surface area contributed by atoms with Gasteiger partial charge in [0.15, 0.2) is 0 Å². The molecule has 0 amide bonds. The van der Waals surface area contributed by atoms with Crippen molar-refractivity contribution in [1.29, 1.82) is 0 Å². The summed E-state index contributed by atoms with van der Waals surface area (Å²) < 4.78 is 1.73. The van der Waals surface area contributed by atoms with Crippen LogP contribution in [-0.2, 0) is 6.54 Å². The van der Waals surface area contributed by atoms with Crippen molar-refractivity contribution in [3.63, 3.8) is 0 Å². The number of hydrogen-bond acceptors (Lipinski definition) is 3. The normalized spacial score (nSPS) is 10.8. The van der Waals surface area contributed by atoms with E-state index < -0.39 is 0 Å². The minimum absolute atomic E-state index is 0.0425. The summed E-state index contributed by atoms with van der Waals surface area (Å²) in [5.74, 6) is -0.0425. The maximum absolute atomic E-state index is 12.3. The van der Waals surface area contributed by atoms with Crippen LogP contribution in [0.1, 0.15) is 34.3 Å². The van der Waals surface area contributed by atoms with E-state index in [1.54, 1.807) is 16.9 Å². The molecule has 0 aliphatic carbocycles. The summed E-state index contributed by atoms with van der Waals surface area (Å²) in [7, 11) is 0. The number of aryl methyl sites for hydroxylation is 2. The van der Waals surface area contributed by atoms with Crippen LogP contribution < -0.4 is 0 Å². The zero-order valence-corrected chi connectivity index (χ0v) is 11.3. The molecule has 5 heteroatoms.